The average Bonchev–Trinajstić information content (AvgIpc) is 2.65. The predicted molar refractivity (Wildman–Crippen MR) is 103 cm³/mol. The highest BCUT2D eigenvalue weighted by molar-refractivity contribution is 5.72. The van der Waals surface area contributed by atoms with Crippen LogP contribution in [0.3, 0.4) is 0 Å². The van der Waals surface area contributed by atoms with Crippen molar-refractivity contribution in [3.05, 3.63) is 72.9 Å². The highest BCUT2D eigenvalue weighted by atomic mass is 19.1. The lowest BCUT2D eigenvalue weighted by Crippen LogP contribution is -2.01. The molecule has 0 bridgehead atoms. The van der Waals surface area contributed by atoms with Crippen LogP contribution in [0.5, 0.6) is 5.88 Å². The quantitative estimate of drug-likeness (QED) is 0.701. The number of anilines is 2. The number of allylic oxidation sites excluding steroid dienone is 5. The predicted octanol–water partition coefficient (Wildman–Crippen LogP) is 5.54. The van der Waals surface area contributed by atoms with Crippen LogP contribution in [0.4, 0.5) is 15.9 Å². The Morgan fingerprint density at radius 1 is 1.20 bits per heavy atom. The highest BCUT2D eigenvalue weighted by Gasteiger charge is 2.08. The molecule has 25 heavy (non-hydrogen) atoms. The Labute approximate surface area is 148 Å². The first-order valence-corrected chi connectivity index (χ1v) is 8.07. The summed E-state index contributed by atoms with van der Waals surface area (Å²) < 4.78 is 18.2. The monoisotopic (exact) mass is 341 g/mol. The number of aromatic nitrogens is 2. The van der Waals surface area contributed by atoms with Gasteiger partial charge in [0.15, 0.2) is 5.82 Å². The minimum atomic E-state index is -0.292. The molecule has 0 amide bonds. The van der Waals surface area contributed by atoms with Crippen LogP contribution >= 0.6 is 0 Å². The molecule has 0 atom stereocenters. The molecule has 0 spiro atoms. The summed E-state index contributed by atoms with van der Waals surface area (Å²) in [6.07, 6.45) is 7.33. The summed E-state index contributed by atoms with van der Waals surface area (Å²) in [7, 11) is 1.54. The molecule has 0 saturated carbocycles. The summed E-state index contributed by atoms with van der Waals surface area (Å²) in [6, 6.07) is 7.69. The van der Waals surface area contributed by atoms with E-state index in [0.717, 1.165) is 11.3 Å². The first-order valence-electron chi connectivity index (χ1n) is 8.07. The third kappa shape index (κ3) is 6.22. The van der Waals surface area contributed by atoms with Crippen LogP contribution in [-0.2, 0) is 0 Å². The van der Waals surface area contributed by atoms with Crippen molar-refractivity contribution in [1.29, 1.82) is 0 Å². The smallest absolute Gasteiger partial charge is 0.218 e. The number of benzene rings is 1. The molecule has 1 heterocycles. The van der Waals surface area contributed by atoms with Crippen LogP contribution < -0.4 is 10.1 Å². The van der Waals surface area contributed by atoms with Gasteiger partial charge >= 0.3 is 0 Å². The van der Waals surface area contributed by atoms with Gasteiger partial charge in [-0.15, -0.1) is 0 Å². The number of methoxy groups -OCH3 is 1. The molecule has 0 fully saturated rings. The summed E-state index contributed by atoms with van der Waals surface area (Å²) in [5, 5.41) is 3.10. The summed E-state index contributed by atoms with van der Waals surface area (Å²) in [6.45, 7) is 9.71. The maximum atomic E-state index is 13.0. The van der Waals surface area contributed by atoms with E-state index < -0.39 is 0 Å². The van der Waals surface area contributed by atoms with Gasteiger partial charge in [-0.1, -0.05) is 44.7 Å². The first kappa shape index (κ1) is 20.1. The zero-order chi connectivity index (χ0) is 18.7. The molecule has 4 nitrogen and oxygen atoms in total. The van der Waals surface area contributed by atoms with Crippen LogP contribution in [0, 0.1) is 5.82 Å². The molecule has 1 aromatic heterocycles. The van der Waals surface area contributed by atoms with E-state index in [0.29, 0.717) is 17.5 Å². The Morgan fingerprint density at radius 2 is 1.88 bits per heavy atom. The van der Waals surface area contributed by atoms with Crippen LogP contribution in [0.15, 0.2) is 61.2 Å². The Bertz CT molecular complexity index is 737. The van der Waals surface area contributed by atoms with E-state index in [4.69, 9.17) is 4.74 Å². The zero-order valence-electron chi connectivity index (χ0n) is 15.1. The highest BCUT2D eigenvalue weighted by Crippen LogP contribution is 2.22. The van der Waals surface area contributed by atoms with Gasteiger partial charge in [0.05, 0.1) is 7.11 Å². The Hall–Kier alpha value is -2.95. The summed E-state index contributed by atoms with van der Waals surface area (Å²) >= 11 is 0. The standard InChI is InChI=1S/C18H18FN3O.C2H6/c1-4-6-7-13(5-2)18-21-16(12-17(22-18)23-3)20-15-10-8-14(19)9-11-15;1-2/h4-12H,2H2,1,3H3,(H,20,21,22);1-2H3/b6-4-,13-7+;. The summed E-state index contributed by atoms with van der Waals surface area (Å²) in [5.41, 5.74) is 1.49. The first-order chi connectivity index (χ1) is 12.2. The fourth-order valence-corrected chi connectivity index (χ4v) is 1.84. The van der Waals surface area contributed by atoms with Crippen molar-refractivity contribution in [2.75, 3.05) is 12.4 Å². The van der Waals surface area contributed by atoms with E-state index in [1.54, 1.807) is 24.3 Å². The molecular weight excluding hydrogens is 317 g/mol. The number of rotatable bonds is 6. The van der Waals surface area contributed by atoms with Gasteiger partial charge in [-0.3, -0.25) is 0 Å². The van der Waals surface area contributed by atoms with E-state index in [-0.39, 0.29) is 5.82 Å². The summed E-state index contributed by atoms with van der Waals surface area (Å²) in [4.78, 5) is 8.78. The van der Waals surface area contributed by atoms with Gasteiger partial charge in [0.2, 0.25) is 5.88 Å². The average molecular weight is 341 g/mol. The molecule has 2 aromatic rings. The molecule has 0 aliphatic heterocycles. The van der Waals surface area contributed by atoms with E-state index in [2.05, 4.69) is 21.9 Å². The molecule has 0 unspecified atom stereocenters. The van der Waals surface area contributed by atoms with Crippen molar-refractivity contribution in [2.45, 2.75) is 20.8 Å². The second kappa shape index (κ2) is 10.8. The molecule has 5 heteroatoms. The van der Waals surface area contributed by atoms with Crippen LogP contribution in [-0.4, -0.2) is 17.1 Å². The zero-order valence-corrected chi connectivity index (χ0v) is 15.1. The normalized spacial score (nSPS) is 10.8. The van der Waals surface area contributed by atoms with Crippen molar-refractivity contribution in [3.63, 3.8) is 0 Å². The van der Waals surface area contributed by atoms with Gasteiger partial charge in [0.1, 0.15) is 11.6 Å². The number of hydrogen-bond donors (Lipinski definition) is 1. The van der Waals surface area contributed by atoms with Gasteiger partial charge in [-0.2, -0.15) is 4.98 Å². The van der Waals surface area contributed by atoms with E-state index in [1.807, 2.05) is 39.0 Å². The molecule has 0 radical (unpaired) electrons. The van der Waals surface area contributed by atoms with E-state index >= 15 is 0 Å². The molecular formula is C20H24FN3O. The van der Waals surface area contributed by atoms with Crippen molar-refractivity contribution in [2.24, 2.45) is 0 Å². The van der Waals surface area contributed by atoms with Crippen molar-refractivity contribution >= 4 is 17.1 Å². The fourth-order valence-electron chi connectivity index (χ4n) is 1.84. The molecule has 1 aromatic carbocycles. The van der Waals surface area contributed by atoms with Crippen LogP contribution in [0.2, 0.25) is 0 Å². The largest absolute Gasteiger partial charge is 0.481 e. The minimum Gasteiger partial charge on any atom is -0.481 e. The lowest BCUT2D eigenvalue weighted by molar-refractivity contribution is 0.396. The van der Waals surface area contributed by atoms with Gasteiger partial charge in [0.25, 0.3) is 0 Å². The number of nitrogens with one attached hydrogen (secondary N) is 1. The summed E-state index contributed by atoms with van der Waals surface area (Å²) in [5.74, 6) is 1.17. The lowest BCUT2D eigenvalue weighted by atomic mass is 10.2. The number of hydrogen-bond acceptors (Lipinski definition) is 4. The second-order valence-corrected chi connectivity index (χ2v) is 4.60. The van der Waals surface area contributed by atoms with E-state index in [9.17, 15) is 4.39 Å². The molecule has 0 saturated heterocycles. The molecule has 132 valence electrons. The third-order valence-electron chi connectivity index (χ3n) is 2.97. The number of nitrogens with zero attached hydrogens (tertiary/aromatic N) is 2. The fraction of sp³-hybridized carbons (Fsp3) is 0.200. The van der Waals surface area contributed by atoms with Crippen LogP contribution in [0.1, 0.15) is 26.6 Å². The minimum absolute atomic E-state index is 0.292. The topological polar surface area (TPSA) is 47.0 Å². The van der Waals surface area contributed by atoms with Gasteiger partial charge < -0.3 is 10.1 Å². The Morgan fingerprint density at radius 3 is 2.44 bits per heavy atom. The molecule has 2 rings (SSSR count). The van der Waals surface area contributed by atoms with Gasteiger partial charge in [-0.05, 0) is 31.2 Å². The van der Waals surface area contributed by atoms with Gasteiger partial charge in [-0.25, -0.2) is 9.37 Å². The van der Waals surface area contributed by atoms with Gasteiger partial charge in [0, 0.05) is 17.3 Å². The number of halogens is 1. The van der Waals surface area contributed by atoms with Crippen molar-refractivity contribution in [3.8, 4) is 5.88 Å². The maximum Gasteiger partial charge on any atom is 0.218 e. The third-order valence-corrected chi connectivity index (χ3v) is 2.97. The SMILES string of the molecule is C=C/C(=C\C=C/C)c1nc(Nc2ccc(F)cc2)cc(OC)n1.CC. The molecule has 0 aliphatic carbocycles. The number of ether oxygens (including phenoxy) is 1. The Balaban J connectivity index is 0.00000151. The van der Waals surface area contributed by atoms with Crippen LogP contribution in [0.25, 0.3) is 5.57 Å². The lowest BCUT2D eigenvalue weighted by Gasteiger charge is -2.10. The molecule has 0 aliphatic rings. The van der Waals surface area contributed by atoms with E-state index in [1.165, 1.54) is 19.2 Å². The molecule has 1 N–H and O–H groups in total. The van der Waals surface area contributed by atoms with Crippen molar-refractivity contribution < 1.29 is 9.13 Å². The Kier molecular flexibility index (Phi) is 8.65. The second-order valence-electron chi connectivity index (χ2n) is 4.60. The van der Waals surface area contributed by atoms with Crippen molar-refractivity contribution in [1.82, 2.24) is 9.97 Å². The maximum absolute atomic E-state index is 13.0.